The van der Waals surface area contributed by atoms with Gasteiger partial charge in [-0.15, -0.1) is 0 Å². The molecule has 0 amide bonds. The molecule has 1 aromatic carbocycles. The van der Waals surface area contributed by atoms with Gasteiger partial charge in [0.25, 0.3) is 0 Å². The summed E-state index contributed by atoms with van der Waals surface area (Å²) < 4.78 is 0. The van der Waals surface area contributed by atoms with Crippen LogP contribution in [0.5, 0.6) is 0 Å². The molecule has 4 nitrogen and oxygen atoms in total. The summed E-state index contributed by atoms with van der Waals surface area (Å²) in [6, 6.07) is 8.66. The predicted molar refractivity (Wildman–Crippen MR) is 83.9 cm³/mol. The zero-order valence-corrected chi connectivity index (χ0v) is 12.9. The predicted octanol–water partition coefficient (Wildman–Crippen LogP) is 2.33. The number of anilines is 1. The molecule has 1 aromatic rings. The number of hydrogen-bond acceptors (Lipinski definition) is 3. The van der Waals surface area contributed by atoms with Crippen LogP contribution in [0.2, 0.25) is 0 Å². The summed E-state index contributed by atoms with van der Waals surface area (Å²) in [5, 5.41) is 9.57. The van der Waals surface area contributed by atoms with Crippen molar-refractivity contribution in [1.29, 1.82) is 0 Å². The molecule has 1 aliphatic carbocycles. The van der Waals surface area contributed by atoms with Crippen LogP contribution in [0.25, 0.3) is 0 Å². The first-order chi connectivity index (χ1) is 10.0. The first kappa shape index (κ1) is 14.4. The van der Waals surface area contributed by atoms with Crippen molar-refractivity contribution in [2.24, 2.45) is 0 Å². The van der Waals surface area contributed by atoms with Gasteiger partial charge in [-0.1, -0.05) is 18.2 Å². The van der Waals surface area contributed by atoms with Crippen molar-refractivity contribution in [3.8, 4) is 0 Å². The minimum atomic E-state index is -0.671. The van der Waals surface area contributed by atoms with E-state index in [1.54, 1.807) is 0 Å². The molecule has 0 bridgehead atoms. The van der Waals surface area contributed by atoms with Crippen LogP contribution in [0.15, 0.2) is 24.3 Å². The van der Waals surface area contributed by atoms with Gasteiger partial charge in [0, 0.05) is 37.9 Å². The Morgan fingerprint density at radius 2 is 1.76 bits per heavy atom. The molecule has 2 fully saturated rings. The highest BCUT2D eigenvalue weighted by Crippen LogP contribution is 2.51. The van der Waals surface area contributed by atoms with Crippen molar-refractivity contribution in [3.63, 3.8) is 0 Å². The van der Waals surface area contributed by atoms with Crippen molar-refractivity contribution in [1.82, 2.24) is 4.90 Å². The summed E-state index contributed by atoms with van der Waals surface area (Å²) >= 11 is 0. The molecule has 1 aliphatic heterocycles. The number of hydrogen-bond donors (Lipinski definition) is 1. The lowest BCUT2D eigenvalue weighted by molar-refractivity contribution is -0.140. The number of rotatable bonds is 4. The molecule has 1 saturated heterocycles. The van der Waals surface area contributed by atoms with Crippen LogP contribution < -0.4 is 4.90 Å². The Morgan fingerprint density at radius 1 is 1.14 bits per heavy atom. The standard InChI is InChI=1S/C17H24N2O2/c1-13(2)18-9-11-19(12-10-18)15-6-4-3-5-14(15)17(7-8-17)16(20)21/h3-6,13H,7-12H2,1-2H3,(H,20,21). The van der Waals surface area contributed by atoms with Gasteiger partial charge in [-0.3, -0.25) is 9.69 Å². The number of carboxylic acid groups (broad SMARTS) is 1. The summed E-state index contributed by atoms with van der Waals surface area (Å²) in [6.07, 6.45) is 1.54. The number of para-hydroxylation sites is 1. The van der Waals surface area contributed by atoms with E-state index in [4.69, 9.17) is 0 Å². The minimum absolute atomic E-state index is 0.580. The molecule has 1 heterocycles. The average molecular weight is 288 g/mol. The highest BCUT2D eigenvalue weighted by molar-refractivity contribution is 5.87. The molecule has 114 valence electrons. The average Bonchev–Trinajstić information content (AvgIpc) is 3.29. The molecule has 4 heteroatoms. The largest absolute Gasteiger partial charge is 0.481 e. The van der Waals surface area contributed by atoms with E-state index >= 15 is 0 Å². The van der Waals surface area contributed by atoms with Gasteiger partial charge in [-0.2, -0.15) is 0 Å². The molecule has 0 atom stereocenters. The monoisotopic (exact) mass is 288 g/mol. The van der Waals surface area contributed by atoms with E-state index < -0.39 is 11.4 Å². The highest BCUT2D eigenvalue weighted by Gasteiger charge is 2.53. The summed E-state index contributed by atoms with van der Waals surface area (Å²) in [5.41, 5.74) is 1.52. The van der Waals surface area contributed by atoms with Gasteiger partial charge in [0.1, 0.15) is 0 Å². The van der Waals surface area contributed by atoms with Crippen LogP contribution in [-0.4, -0.2) is 48.2 Å². The van der Waals surface area contributed by atoms with Gasteiger partial charge >= 0.3 is 5.97 Å². The van der Waals surface area contributed by atoms with E-state index in [2.05, 4.69) is 29.7 Å². The minimum Gasteiger partial charge on any atom is -0.481 e. The third-order valence-corrected chi connectivity index (χ3v) is 4.96. The second kappa shape index (κ2) is 5.34. The fourth-order valence-electron chi connectivity index (χ4n) is 3.36. The normalized spacial score (nSPS) is 21.6. The number of aliphatic carboxylic acids is 1. The number of carboxylic acids is 1. The molecule has 21 heavy (non-hydrogen) atoms. The summed E-state index contributed by atoms with van der Waals surface area (Å²) in [4.78, 5) is 16.5. The van der Waals surface area contributed by atoms with Crippen LogP contribution in [0, 0.1) is 0 Å². The quantitative estimate of drug-likeness (QED) is 0.923. The molecule has 0 aromatic heterocycles. The topological polar surface area (TPSA) is 43.8 Å². The third kappa shape index (κ3) is 2.53. The van der Waals surface area contributed by atoms with Crippen molar-refractivity contribution in [2.75, 3.05) is 31.1 Å². The van der Waals surface area contributed by atoms with Gasteiger partial charge in [-0.25, -0.2) is 0 Å². The fraction of sp³-hybridized carbons (Fsp3) is 0.588. The van der Waals surface area contributed by atoms with E-state index in [-0.39, 0.29) is 0 Å². The van der Waals surface area contributed by atoms with Crippen molar-refractivity contribution < 1.29 is 9.90 Å². The van der Waals surface area contributed by atoms with Crippen LogP contribution in [-0.2, 0) is 10.2 Å². The lowest BCUT2D eigenvalue weighted by Gasteiger charge is -2.39. The first-order valence-electron chi connectivity index (χ1n) is 7.86. The Morgan fingerprint density at radius 3 is 2.29 bits per heavy atom. The molecule has 3 rings (SSSR count). The molecule has 1 N–H and O–H groups in total. The molecule has 0 spiro atoms. The number of nitrogens with zero attached hydrogens (tertiary/aromatic N) is 2. The molecular formula is C17H24N2O2. The number of benzene rings is 1. The maximum Gasteiger partial charge on any atom is 0.314 e. The Balaban J connectivity index is 1.83. The second-order valence-electron chi connectivity index (χ2n) is 6.52. The Labute approximate surface area is 126 Å². The molecule has 2 aliphatic rings. The van der Waals surface area contributed by atoms with E-state index in [1.165, 1.54) is 0 Å². The highest BCUT2D eigenvalue weighted by atomic mass is 16.4. The molecular weight excluding hydrogens is 264 g/mol. The number of piperazine rings is 1. The van der Waals surface area contributed by atoms with Gasteiger partial charge in [0.2, 0.25) is 0 Å². The van der Waals surface area contributed by atoms with Crippen LogP contribution in [0.4, 0.5) is 5.69 Å². The SMILES string of the molecule is CC(C)N1CCN(c2ccccc2C2(C(=O)O)CC2)CC1. The summed E-state index contributed by atoms with van der Waals surface area (Å²) in [5.74, 6) is -0.671. The Bertz CT molecular complexity index is 529. The molecule has 0 unspecified atom stereocenters. The fourth-order valence-corrected chi connectivity index (χ4v) is 3.36. The Kier molecular flexibility index (Phi) is 3.66. The van der Waals surface area contributed by atoms with Gasteiger partial charge in [-0.05, 0) is 38.3 Å². The van der Waals surface area contributed by atoms with E-state index in [0.717, 1.165) is 50.3 Å². The number of carbonyl (C=O) groups is 1. The van der Waals surface area contributed by atoms with Crippen molar-refractivity contribution in [3.05, 3.63) is 29.8 Å². The molecule has 0 radical (unpaired) electrons. The van der Waals surface area contributed by atoms with Crippen LogP contribution in [0.3, 0.4) is 0 Å². The van der Waals surface area contributed by atoms with Gasteiger partial charge in [0.15, 0.2) is 0 Å². The maximum atomic E-state index is 11.6. The van der Waals surface area contributed by atoms with Crippen LogP contribution >= 0.6 is 0 Å². The van der Waals surface area contributed by atoms with E-state index in [9.17, 15) is 9.90 Å². The Hall–Kier alpha value is -1.55. The van der Waals surface area contributed by atoms with E-state index in [1.807, 2.05) is 18.2 Å². The third-order valence-electron chi connectivity index (χ3n) is 4.96. The summed E-state index contributed by atoms with van der Waals surface area (Å²) in [7, 11) is 0. The van der Waals surface area contributed by atoms with Crippen molar-refractivity contribution in [2.45, 2.75) is 38.1 Å². The zero-order chi connectivity index (χ0) is 15.0. The van der Waals surface area contributed by atoms with Gasteiger partial charge < -0.3 is 10.0 Å². The van der Waals surface area contributed by atoms with E-state index in [0.29, 0.717) is 6.04 Å². The second-order valence-corrected chi connectivity index (χ2v) is 6.52. The lowest BCUT2D eigenvalue weighted by atomic mass is 9.93. The first-order valence-corrected chi connectivity index (χ1v) is 7.86. The van der Waals surface area contributed by atoms with Crippen molar-refractivity contribution >= 4 is 11.7 Å². The zero-order valence-electron chi connectivity index (χ0n) is 12.9. The maximum absolute atomic E-state index is 11.6. The smallest absolute Gasteiger partial charge is 0.314 e. The van der Waals surface area contributed by atoms with Crippen LogP contribution in [0.1, 0.15) is 32.3 Å². The molecule has 1 saturated carbocycles. The van der Waals surface area contributed by atoms with Gasteiger partial charge in [0.05, 0.1) is 5.41 Å². The summed E-state index contributed by atoms with van der Waals surface area (Å²) in [6.45, 7) is 8.51. The lowest BCUT2D eigenvalue weighted by Crippen LogP contribution is -2.49.